The Hall–Kier alpha value is -1.55. The third-order valence-electron chi connectivity index (χ3n) is 4.53. The fourth-order valence-corrected chi connectivity index (χ4v) is 3.16. The van der Waals surface area contributed by atoms with Gasteiger partial charge in [-0.2, -0.15) is 0 Å². The minimum atomic E-state index is -0.135. The van der Waals surface area contributed by atoms with Gasteiger partial charge in [-0.25, -0.2) is 0 Å². The van der Waals surface area contributed by atoms with E-state index in [0.717, 1.165) is 37.6 Å². The minimum Gasteiger partial charge on any atom is -0.469 e. The van der Waals surface area contributed by atoms with Gasteiger partial charge in [0.25, 0.3) is 0 Å². The molecule has 0 aliphatic carbocycles. The van der Waals surface area contributed by atoms with Gasteiger partial charge >= 0.3 is 5.97 Å². The summed E-state index contributed by atoms with van der Waals surface area (Å²) in [5.74, 6) is 0.606. The molecule has 2 rings (SSSR count). The van der Waals surface area contributed by atoms with E-state index in [1.165, 1.54) is 7.11 Å². The van der Waals surface area contributed by atoms with Crippen LogP contribution in [0.4, 0.5) is 5.69 Å². The molecule has 0 atom stereocenters. The smallest absolute Gasteiger partial charge is 0.308 e. The number of esters is 1. The second-order valence-corrected chi connectivity index (χ2v) is 6.85. The molecule has 0 saturated carbocycles. The maximum absolute atomic E-state index is 12.0. The summed E-state index contributed by atoms with van der Waals surface area (Å²) in [5, 5.41) is 6.77. The lowest BCUT2D eigenvalue weighted by atomic mass is 9.97. The predicted molar refractivity (Wildman–Crippen MR) is 122 cm³/mol. The molecule has 1 amide bonds. The molecule has 0 radical (unpaired) electrons. The van der Waals surface area contributed by atoms with Gasteiger partial charge in [0.2, 0.25) is 5.91 Å². The number of aliphatic imine (C=N–C) groups is 1. The molecule has 1 saturated heterocycles. The van der Waals surface area contributed by atoms with Crippen molar-refractivity contribution in [3.8, 4) is 0 Å². The first-order chi connectivity index (χ1) is 13.0. The molecule has 28 heavy (non-hydrogen) atoms. The number of piperidine rings is 1. The van der Waals surface area contributed by atoms with Gasteiger partial charge in [0.15, 0.2) is 5.96 Å². The zero-order chi connectivity index (χ0) is 19.6. The first kappa shape index (κ1) is 24.5. The number of benzene rings is 1. The third kappa shape index (κ3) is 7.83. The topological polar surface area (TPSA) is 83.0 Å². The second kappa shape index (κ2) is 12.8. The zero-order valence-electron chi connectivity index (χ0n) is 16.2. The highest BCUT2D eigenvalue weighted by Gasteiger charge is 2.26. The van der Waals surface area contributed by atoms with Gasteiger partial charge in [-0.05, 0) is 43.5 Å². The van der Waals surface area contributed by atoms with Crippen LogP contribution < -0.4 is 10.6 Å². The molecular weight excluding hydrogens is 495 g/mol. The minimum absolute atomic E-state index is 0. The Balaban J connectivity index is 0.00000392. The summed E-state index contributed by atoms with van der Waals surface area (Å²) in [6.07, 6.45) is 2.63. The molecule has 1 aliphatic heterocycles. The van der Waals surface area contributed by atoms with E-state index < -0.39 is 0 Å². The van der Waals surface area contributed by atoms with Gasteiger partial charge in [-0.3, -0.25) is 14.6 Å². The van der Waals surface area contributed by atoms with Crippen molar-refractivity contribution in [2.45, 2.75) is 25.7 Å². The van der Waals surface area contributed by atoms with Crippen LogP contribution in [0.25, 0.3) is 0 Å². The molecule has 0 spiro atoms. The number of hydrogen-bond acceptors (Lipinski definition) is 4. The molecule has 156 valence electrons. The number of methoxy groups -OCH3 is 1. The van der Waals surface area contributed by atoms with Crippen LogP contribution in [0.5, 0.6) is 0 Å². The molecule has 0 aromatic heterocycles. The lowest BCUT2D eigenvalue weighted by Crippen LogP contribution is -2.46. The van der Waals surface area contributed by atoms with Crippen molar-refractivity contribution in [2.75, 3.05) is 39.1 Å². The lowest BCUT2D eigenvalue weighted by molar-refractivity contribution is -0.146. The average Bonchev–Trinajstić information content (AvgIpc) is 2.69. The van der Waals surface area contributed by atoms with E-state index >= 15 is 0 Å². The van der Waals surface area contributed by atoms with Crippen molar-refractivity contribution in [3.05, 3.63) is 29.3 Å². The molecule has 7 nitrogen and oxygen atoms in total. The van der Waals surface area contributed by atoms with Gasteiger partial charge < -0.3 is 20.3 Å². The summed E-state index contributed by atoms with van der Waals surface area (Å²) >= 11 is 5.83. The number of halogens is 2. The van der Waals surface area contributed by atoms with E-state index in [0.29, 0.717) is 24.4 Å². The largest absolute Gasteiger partial charge is 0.469 e. The maximum atomic E-state index is 12.0. The SMILES string of the molecule is CN=C(NCCCC(=O)Nc1ccc(Cl)cc1)N1CCC(C(=O)OC)CC1.I. The molecular formula is C19H28ClIN4O3. The summed E-state index contributed by atoms with van der Waals surface area (Å²) in [4.78, 5) is 30.0. The van der Waals surface area contributed by atoms with E-state index in [1.807, 2.05) is 0 Å². The highest BCUT2D eigenvalue weighted by atomic mass is 127. The van der Waals surface area contributed by atoms with Gasteiger partial charge in [0.1, 0.15) is 0 Å². The molecule has 1 fully saturated rings. The van der Waals surface area contributed by atoms with E-state index in [-0.39, 0.29) is 41.8 Å². The molecule has 1 aromatic rings. The molecule has 1 aromatic carbocycles. The second-order valence-electron chi connectivity index (χ2n) is 6.42. The van der Waals surface area contributed by atoms with Crippen LogP contribution in [0.1, 0.15) is 25.7 Å². The summed E-state index contributed by atoms with van der Waals surface area (Å²) in [6, 6.07) is 7.04. The summed E-state index contributed by atoms with van der Waals surface area (Å²) in [5.41, 5.74) is 0.738. The van der Waals surface area contributed by atoms with E-state index in [9.17, 15) is 9.59 Å². The third-order valence-corrected chi connectivity index (χ3v) is 4.78. The standard InChI is InChI=1S/C19H27ClN4O3.HI/c1-21-19(24-12-9-14(10-13-24)18(26)27-2)22-11-3-4-17(25)23-16-7-5-15(20)6-8-16;/h5-8,14H,3-4,9-13H2,1-2H3,(H,21,22)(H,23,25);1H. The van der Waals surface area contributed by atoms with Gasteiger partial charge in [0.05, 0.1) is 13.0 Å². The Labute approximate surface area is 188 Å². The molecule has 2 N–H and O–H groups in total. The van der Waals surface area contributed by atoms with Crippen molar-refractivity contribution >= 4 is 59.1 Å². The Morgan fingerprint density at radius 1 is 1.25 bits per heavy atom. The Morgan fingerprint density at radius 2 is 1.89 bits per heavy atom. The van der Waals surface area contributed by atoms with Crippen LogP contribution in [0.2, 0.25) is 5.02 Å². The van der Waals surface area contributed by atoms with Gasteiger partial charge in [-0.15, -0.1) is 24.0 Å². The number of guanidine groups is 1. The normalized spacial score (nSPS) is 14.8. The van der Waals surface area contributed by atoms with Gasteiger partial charge in [0, 0.05) is 43.8 Å². The van der Waals surface area contributed by atoms with Crippen LogP contribution in [0.15, 0.2) is 29.3 Å². The molecule has 9 heteroatoms. The predicted octanol–water partition coefficient (Wildman–Crippen LogP) is 3.14. The summed E-state index contributed by atoms with van der Waals surface area (Å²) in [7, 11) is 3.17. The van der Waals surface area contributed by atoms with E-state index in [2.05, 4.69) is 20.5 Å². The Bertz CT molecular complexity index is 662. The number of carbonyl (C=O) groups excluding carboxylic acids is 2. The number of amides is 1. The Kier molecular flexibility index (Phi) is 11.2. The zero-order valence-corrected chi connectivity index (χ0v) is 19.3. The average molecular weight is 523 g/mol. The number of ether oxygens (including phenoxy) is 1. The lowest BCUT2D eigenvalue weighted by Gasteiger charge is -2.33. The van der Waals surface area contributed by atoms with E-state index in [4.69, 9.17) is 16.3 Å². The van der Waals surface area contributed by atoms with Crippen molar-refractivity contribution < 1.29 is 14.3 Å². The first-order valence-corrected chi connectivity index (χ1v) is 9.50. The van der Waals surface area contributed by atoms with Crippen molar-refractivity contribution in [1.29, 1.82) is 0 Å². The number of nitrogens with zero attached hydrogens (tertiary/aromatic N) is 2. The fourth-order valence-electron chi connectivity index (χ4n) is 3.03. The number of likely N-dealkylation sites (tertiary alicyclic amines) is 1. The monoisotopic (exact) mass is 522 g/mol. The van der Waals surface area contributed by atoms with Crippen LogP contribution >= 0.6 is 35.6 Å². The van der Waals surface area contributed by atoms with Crippen LogP contribution in [0.3, 0.4) is 0 Å². The molecule has 1 aliphatic rings. The summed E-state index contributed by atoms with van der Waals surface area (Å²) < 4.78 is 4.81. The molecule has 1 heterocycles. The number of hydrogen-bond donors (Lipinski definition) is 2. The maximum Gasteiger partial charge on any atom is 0.308 e. The number of rotatable bonds is 6. The molecule has 0 unspecified atom stereocenters. The van der Waals surface area contributed by atoms with Gasteiger partial charge in [-0.1, -0.05) is 11.6 Å². The van der Waals surface area contributed by atoms with Crippen LogP contribution in [-0.4, -0.2) is 56.5 Å². The van der Waals surface area contributed by atoms with Crippen molar-refractivity contribution in [3.63, 3.8) is 0 Å². The van der Waals surface area contributed by atoms with Crippen LogP contribution in [0, 0.1) is 5.92 Å². The first-order valence-electron chi connectivity index (χ1n) is 9.12. The fraction of sp³-hybridized carbons (Fsp3) is 0.526. The number of carbonyl (C=O) groups is 2. The van der Waals surface area contributed by atoms with Crippen molar-refractivity contribution in [2.24, 2.45) is 10.9 Å². The number of nitrogens with one attached hydrogen (secondary N) is 2. The quantitative estimate of drug-likeness (QED) is 0.197. The highest BCUT2D eigenvalue weighted by molar-refractivity contribution is 14.0. The van der Waals surface area contributed by atoms with E-state index in [1.54, 1.807) is 31.3 Å². The highest BCUT2D eigenvalue weighted by Crippen LogP contribution is 2.18. The molecule has 0 bridgehead atoms. The van der Waals surface area contributed by atoms with Crippen LogP contribution in [-0.2, 0) is 14.3 Å². The number of anilines is 1. The Morgan fingerprint density at radius 3 is 2.46 bits per heavy atom. The van der Waals surface area contributed by atoms with Crippen molar-refractivity contribution in [1.82, 2.24) is 10.2 Å². The summed E-state index contributed by atoms with van der Waals surface area (Å²) in [6.45, 7) is 2.17.